The molecule has 0 unspecified atom stereocenters. The largest absolute Gasteiger partial charge is 0.0622 e. The maximum atomic E-state index is 2.44. The summed E-state index contributed by atoms with van der Waals surface area (Å²) in [6.07, 6.45) is 4.52. The van der Waals surface area contributed by atoms with Crippen molar-refractivity contribution >= 4 is 33.7 Å². The predicted octanol–water partition coefficient (Wildman–Crippen LogP) is 10.4. The monoisotopic (exact) mass is 486 g/mol. The van der Waals surface area contributed by atoms with Crippen molar-refractivity contribution in [2.75, 3.05) is 0 Å². The Labute approximate surface area is 224 Å². The summed E-state index contributed by atoms with van der Waals surface area (Å²) < 4.78 is 0. The maximum absolute atomic E-state index is 2.44. The molecule has 0 aliphatic heterocycles. The van der Waals surface area contributed by atoms with Crippen molar-refractivity contribution in [3.63, 3.8) is 0 Å². The van der Waals surface area contributed by atoms with Crippen molar-refractivity contribution in [2.24, 2.45) is 0 Å². The molecule has 6 aromatic carbocycles. The van der Waals surface area contributed by atoms with Gasteiger partial charge >= 0.3 is 0 Å². The van der Waals surface area contributed by atoms with Crippen molar-refractivity contribution in [3.8, 4) is 22.3 Å². The van der Waals surface area contributed by atoms with Crippen LogP contribution in [0.1, 0.15) is 41.7 Å². The van der Waals surface area contributed by atoms with Crippen LogP contribution in [0.3, 0.4) is 0 Å². The molecule has 0 saturated carbocycles. The van der Waals surface area contributed by atoms with Crippen LogP contribution in [-0.4, -0.2) is 0 Å². The van der Waals surface area contributed by atoms with Gasteiger partial charge in [0.05, 0.1) is 0 Å². The van der Waals surface area contributed by atoms with Crippen LogP contribution in [0, 0.1) is 6.92 Å². The molecule has 0 bridgehead atoms. The van der Waals surface area contributed by atoms with Gasteiger partial charge in [-0.05, 0) is 79.0 Å². The molecule has 1 aliphatic carbocycles. The molecular formula is C38H30. The molecule has 0 atom stereocenters. The standard InChI is InChI=1S/C38H30/c1-25-17-20-30-29(21-18-26-11-5-4-6-12-26)28-13-7-8-15-32(28)37(34(30)23-25)27-19-22-36-33(24-27)31-14-9-10-16-35(31)38(36,2)3/h4-24H,1-3H3/b21-18+. The molecule has 6 aromatic rings. The molecule has 0 heterocycles. The Balaban J connectivity index is 1.53. The van der Waals surface area contributed by atoms with E-state index in [0.717, 1.165) is 0 Å². The molecule has 0 fully saturated rings. The molecule has 0 saturated heterocycles. The molecule has 0 aromatic heterocycles. The topological polar surface area (TPSA) is 0 Å². The summed E-state index contributed by atoms with van der Waals surface area (Å²) >= 11 is 0. The number of aryl methyl sites for hydroxylation is 1. The lowest BCUT2D eigenvalue weighted by molar-refractivity contribution is 0.660. The van der Waals surface area contributed by atoms with Gasteiger partial charge in [0.1, 0.15) is 0 Å². The van der Waals surface area contributed by atoms with Gasteiger partial charge in [0, 0.05) is 5.41 Å². The molecule has 0 radical (unpaired) electrons. The number of benzene rings is 6. The number of hydrogen-bond donors (Lipinski definition) is 0. The van der Waals surface area contributed by atoms with Crippen molar-refractivity contribution in [3.05, 3.63) is 143 Å². The fourth-order valence-electron chi connectivity index (χ4n) is 6.44. The van der Waals surface area contributed by atoms with E-state index in [1.165, 1.54) is 71.6 Å². The smallest absolute Gasteiger partial charge is 0.0158 e. The number of hydrogen-bond acceptors (Lipinski definition) is 0. The molecular weight excluding hydrogens is 456 g/mol. The van der Waals surface area contributed by atoms with Crippen LogP contribution in [0.5, 0.6) is 0 Å². The Bertz CT molecular complexity index is 1880. The first-order valence-corrected chi connectivity index (χ1v) is 13.5. The summed E-state index contributed by atoms with van der Waals surface area (Å²) in [5.74, 6) is 0. The average Bonchev–Trinajstić information content (AvgIpc) is 3.17. The maximum Gasteiger partial charge on any atom is 0.0158 e. The molecule has 0 spiro atoms. The fourth-order valence-corrected chi connectivity index (χ4v) is 6.44. The van der Waals surface area contributed by atoms with Crippen molar-refractivity contribution in [1.29, 1.82) is 0 Å². The Hall–Kier alpha value is -4.42. The number of fused-ring (bicyclic) bond motifs is 5. The Kier molecular flexibility index (Phi) is 5.13. The van der Waals surface area contributed by atoms with Gasteiger partial charge < -0.3 is 0 Å². The second kappa shape index (κ2) is 8.57. The lowest BCUT2D eigenvalue weighted by Crippen LogP contribution is -2.14. The first kappa shape index (κ1) is 22.8. The van der Waals surface area contributed by atoms with Crippen LogP contribution in [0.15, 0.2) is 115 Å². The summed E-state index contributed by atoms with van der Waals surface area (Å²) in [6.45, 7) is 6.89. The Morgan fingerprint density at radius 1 is 0.526 bits per heavy atom. The first-order chi connectivity index (χ1) is 18.5. The third kappa shape index (κ3) is 3.45. The van der Waals surface area contributed by atoms with E-state index in [4.69, 9.17) is 0 Å². The third-order valence-corrected chi connectivity index (χ3v) is 8.34. The van der Waals surface area contributed by atoms with E-state index in [1.807, 2.05) is 0 Å². The Morgan fingerprint density at radius 3 is 2.05 bits per heavy atom. The van der Waals surface area contributed by atoms with Crippen molar-refractivity contribution in [1.82, 2.24) is 0 Å². The molecule has 182 valence electrons. The van der Waals surface area contributed by atoms with Gasteiger partial charge in [0.15, 0.2) is 0 Å². The highest BCUT2D eigenvalue weighted by Crippen LogP contribution is 2.50. The van der Waals surface area contributed by atoms with E-state index in [9.17, 15) is 0 Å². The molecule has 1 aliphatic rings. The molecule has 7 rings (SSSR count). The minimum atomic E-state index is 0.0112. The second-order valence-corrected chi connectivity index (χ2v) is 11.1. The van der Waals surface area contributed by atoms with Gasteiger partial charge in [-0.3, -0.25) is 0 Å². The SMILES string of the molecule is Cc1ccc2c(/C=C/c3ccccc3)c3ccccc3c(-c3ccc4c(c3)-c3ccccc3C4(C)C)c2c1. The van der Waals surface area contributed by atoms with Crippen LogP contribution in [0.25, 0.3) is 56.0 Å². The highest BCUT2D eigenvalue weighted by molar-refractivity contribution is 6.18. The molecule has 0 nitrogen and oxygen atoms in total. The van der Waals surface area contributed by atoms with Crippen LogP contribution in [0.4, 0.5) is 0 Å². The average molecular weight is 487 g/mol. The molecule has 38 heavy (non-hydrogen) atoms. The second-order valence-electron chi connectivity index (χ2n) is 11.1. The van der Waals surface area contributed by atoms with E-state index >= 15 is 0 Å². The minimum absolute atomic E-state index is 0.0112. The normalized spacial score (nSPS) is 13.8. The van der Waals surface area contributed by atoms with E-state index in [1.54, 1.807) is 0 Å². The summed E-state index contributed by atoms with van der Waals surface area (Å²) in [6, 6.07) is 42.4. The van der Waals surface area contributed by atoms with Gasteiger partial charge in [-0.2, -0.15) is 0 Å². The number of rotatable bonds is 3. The highest BCUT2D eigenvalue weighted by Gasteiger charge is 2.35. The van der Waals surface area contributed by atoms with E-state index in [2.05, 4.69) is 148 Å². The van der Waals surface area contributed by atoms with Crippen LogP contribution >= 0.6 is 0 Å². The summed E-state index contributed by atoms with van der Waals surface area (Å²) in [5, 5.41) is 5.18. The highest BCUT2D eigenvalue weighted by atomic mass is 14.4. The zero-order valence-corrected chi connectivity index (χ0v) is 22.1. The molecule has 0 heteroatoms. The van der Waals surface area contributed by atoms with E-state index in [-0.39, 0.29) is 5.41 Å². The summed E-state index contributed by atoms with van der Waals surface area (Å²) in [5.41, 5.74) is 11.9. The summed E-state index contributed by atoms with van der Waals surface area (Å²) in [7, 11) is 0. The van der Waals surface area contributed by atoms with Crippen molar-refractivity contribution < 1.29 is 0 Å². The van der Waals surface area contributed by atoms with Gasteiger partial charge in [0.25, 0.3) is 0 Å². The van der Waals surface area contributed by atoms with Gasteiger partial charge in [-0.15, -0.1) is 0 Å². The summed E-state index contributed by atoms with van der Waals surface area (Å²) in [4.78, 5) is 0. The minimum Gasteiger partial charge on any atom is -0.0622 e. The van der Waals surface area contributed by atoms with Gasteiger partial charge in [0.2, 0.25) is 0 Å². The van der Waals surface area contributed by atoms with Gasteiger partial charge in [-0.25, -0.2) is 0 Å². The molecule has 0 N–H and O–H groups in total. The Morgan fingerprint density at radius 2 is 1.21 bits per heavy atom. The third-order valence-electron chi connectivity index (χ3n) is 8.34. The van der Waals surface area contributed by atoms with Crippen LogP contribution < -0.4 is 0 Å². The van der Waals surface area contributed by atoms with E-state index < -0.39 is 0 Å². The van der Waals surface area contributed by atoms with Crippen LogP contribution in [0.2, 0.25) is 0 Å². The van der Waals surface area contributed by atoms with Crippen LogP contribution in [-0.2, 0) is 5.41 Å². The fraction of sp³-hybridized carbons (Fsp3) is 0.105. The molecule has 0 amide bonds. The van der Waals surface area contributed by atoms with Crippen molar-refractivity contribution in [2.45, 2.75) is 26.2 Å². The quantitative estimate of drug-likeness (QED) is 0.172. The zero-order chi connectivity index (χ0) is 25.9. The van der Waals surface area contributed by atoms with Gasteiger partial charge in [-0.1, -0.05) is 141 Å². The predicted molar refractivity (Wildman–Crippen MR) is 165 cm³/mol. The lowest BCUT2D eigenvalue weighted by atomic mass is 9.81. The first-order valence-electron chi connectivity index (χ1n) is 13.5. The lowest BCUT2D eigenvalue weighted by Gasteiger charge is -2.22. The van der Waals surface area contributed by atoms with E-state index in [0.29, 0.717) is 0 Å². The zero-order valence-electron chi connectivity index (χ0n) is 22.1.